The fourth-order valence-corrected chi connectivity index (χ4v) is 0.963. The van der Waals surface area contributed by atoms with Gasteiger partial charge in [-0.05, 0) is 6.92 Å². The maximum Gasteiger partial charge on any atom is 0.330 e. The van der Waals surface area contributed by atoms with Gasteiger partial charge in [-0.3, -0.25) is 0 Å². The zero-order valence-corrected chi connectivity index (χ0v) is 7.50. The number of rotatable bonds is 3. The van der Waals surface area contributed by atoms with Crippen molar-refractivity contribution in [2.75, 3.05) is 19.8 Å². The van der Waals surface area contributed by atoms with E-state index in [0.29, 0.717) is 19.8 Å². The molecule has 0 N–H and O–H groups in total. The van der Waals surface area contributed by atoms with Crippen LogP contribution in [-0.4, -0.2) is 25.8 Å². The lowest BCUT2D eigenvalue weighted by Gasteiger charge is -2.36. The Hall–Kier alpha value is -0.830. The first kappa shape index (κ1) is 9.26. The van der Waals surface area contributed by atoms with E-state index in [2.05, 4.69) is 0 Å². The first-order chi connectivity index (χ1) is 5.66. The molecule has 0 aromatic heterocycles. The number of esters is 1. The van der Waals surface area contributed by atoms with Crippen LogP contribution in [0.5, 0.6) is 0 Å². The van der Waals surface area contributed by atoms with Gasteiger partial charge in [0.05, 0.1) is 13.2 Å². The molecular formula is C9H14O3. The largest absolute Gasteiger partial charge is 0.462 e. The Bertz CT molecular complexity index is 192. The molecule has 0 unspecified atom stereocenters. The minimum Gasteiger partial charge on any atom is -0.462 e. The number of carbonyl (C=O) groups is 1. The van der Waals surface area contributed by atoms with Gasteiger partial charge in [0.25, 0.3) is 0 Å². The van der Waals surface area contributed by atoms with Crippen LogP contribution in [0.2, 0.25) is 0 Å². The highest BCUT2D eigenvalue weighted by atomic mass is 16.5. The molecule has 68 valence electrons. The molecule has 0 radical (unpaired) electrons. The van der Waals surface area contributed by atoms with Gasteiger partial charge in [0.1, 0.15) is 6.61 Å². The summed E-state index contributed by atoms with van der Waals surface area (Å²) in [4.78, 5) is 10.9. The summed E-state index contributed by atoms with van der Waals surface area (Å²) >= 11 is 0. The van der Waals surface area contributed by atoms with Gasteiger partial charge in [-0.15, -0.1) is 0 Å². The third kappa shape index (κ3) is 2.34. The van der Waals surface area contributed by atoms with Crippen LogP contribution in [0.25, 0.3) is 0 Å². The molecule has 1 aliphatic heterocycles. The van der Waals surface area contributed by atoms with Crippen molar-refractivity contribution in [2.45, 2.75) is 13.8 Å². The van der Waals surface area contributed by atoms with E-state index in [0.717, 1.165) is 0 Å². The average Bonchev–Trinajstić information content (AvgIpc) is 1.98. The van der Waals surface area contributed by atoms with Crippen molar-refractivity contribution in [3.8, 4) is 0 Å². The van der Waals surface area contributed by atoms with E-state index in [1.807, 2.05) is 6.92 Å². The summed E-state index contributed by atoms with van der Waals surface area (Å²) in [5.41, 5.74) is 0.0528. The van der Waals surface area contributed by atoms with Crippen LogP contribution in [0.15, 0.2) is 12.2 Å². The van der Waals surface area contributed by atoms with E-state index in [1.165, 1.54) is 6.08 Å². The van der Waals surface area contributed by atoms with Crippen molar-refractivity contribution >= 4 is 5.97 Å². The van der Waals surface area contributed by atoms with Crippen molar-refractivity contribution in [2.24, 2.45) is 5.41 Å². The van der Waals surface area contributed by atoms with Crippen LogP contribution in [0.3, 0.4) is 0 Å². The lowest BCUT2D eigenvalue weighted by atomic mass is 9.90. The third-order valence-corrected chi connectivity index (χ3v) is 1.77. The highest BCUT2D eigenvalue weighted by Gasteiger charge is 2.34. The normalized spacial score (nSPS) is 20.5. The van der Waals surface area contributed by atoms with E-state index in [9.17, 15) is 4.79 Å². The maximum absolute atomic E-state index is 10.9. The number of allylic oxidation sites excluding steroid dienone is 1. The summed E-state index contributed by atoms with van der Waals surface area (Å²) in [7, 11) is 0. The van der Waals surface area contributed by atoms with Gasteiger partial charge in [-0.2, -0.15) is 0 Å². The minimum atomic E-state index is -0.273. The smallest absolute Gasteiger partial charge is 0.330 e. The first-order valence-corrected chi connectivity index (χ1v) is 4.03. The van der Waals surface area contributed by atoms with Crippen LogP contribution < -0.4 is 0 Å². The Morgan fingerprint density at radius 1 is 1.67 bits per heavy atom. The highest BCUT2D eigenvalue weighted by molar-refractivity contribution is 5.81. The quantitative estimate of drug-likeness (QED) is 0.470. The summed E-state index contributed by atoms with van der Waals surface area (Å²) in [6.07, 6.45) is 3.09. The zero-order valence-electron chi connectivity index (χ0n) is 7.50. The molecule has 12 heavy (non-hydrogen) atoms. The van der Waals surface area contributed by atoms with Gasteiger partial charge in [-0.1, -0.05) is 13.0 Å². The van der Waals surface area contributed by atoms with Gasteiger partial charge in [0, 0.05) is 11.5 Å². The van der Waals surface area contributed by atoms with E-state index in [1.54, 1.807) is 13.0 Å². The molecule has 3 nitrogen and oxygen atoms in total. The molecule has 0 bridgehead atoms. The van der Waals surface area contributed by atoms with Gasteiger partial charge in [-0.25, -0.2) is 4.79 Å². The Labute approximate surface area is 72.4 Å². The van der Waals surface area contributed by atoms with Crippen LogP contribution >= 0.6 is 0 Å². The van der Waals surface area contributed by atoms with Crippen LogP contribution in [0.1, 0.15) is 13.8 Å². The molecule has 0 aromatic rings. The second-order valence-corrected chi connectivity index (χ2v) is 3.41. The Morgan fingerprint density at radius 2 is 2.33 bits per heavy atom. The second-order valence-electron chi connectivity index (χ2n) is 3.41. The van der Waals surface area contributed by atoms with Crippen molar-refractivity contribution in [1.29, 1.82) is 0 Å². The monoisotopic (exact) mass is 170 g/mol. The first-order valence-electron chi connectivity index (χ1n) is 4.03. The number of hydrogen-bond acceptors (Lipinski definition) is 3. The maximum atomic E-state index is 10.9. The fourth-order valence-electron chi connectivity index (χ4n) is 0.963. The van der Waals surface area contributed by atoms with Crippen LogP contribution in [-0.2, 0) is 14.3 Å². The third-order valence-electron chi connectivity index (χ3n) is 1.77. The molecule has 0 aliphatic carbocycles. The molecule has 1 fully saturated rings. The summed E-state index contributed by atoms with van der Waals surface area (Å²) < 4.78 is 10.0. The number of carbonyl (C=O) groups excluding carboxylic acids is 1. The van der Waals surface area contributed by atoms with Crippen LogP contribution in [0.4, 0.5) is 0 Å². The standard InChI is InChI=1S/C9H14O3/c1-3-4-8(10)12-7-9(2)5-11-6-9/h3-4H,5-7H2,1-2H3. The molecule has 1 rings (SSSR count). The lowest BCUT2D eigenvalue weighted by molar-refractivity contribution is -0.160. The molecule has 0 atom stereocenters. The zero-order chi connectivity index (χ0) is 9.03. The Kier molecular flexibility index (Phi) is 2.87. The Morgan fingerprint density at radius 3 is 2.75 bits per heavy atom. The molecule has 3 heteroatoms. The molecular weight excluding hydrogens is 156 g/mol. The fraction of sp³-hybridized carbons (Fsp3) is 0.667. The molecule has 0 amide bonds. The molecule has 0 spiro atoms. The Balaban J connectivity index is 2.20. The van der Waals surface area contributed by atoms with Crippen LogP contribution in [0, 0.1) is 5.41 Å². The van der Waals surface area contributed by atoms with E-state index in [4.69, 9.17) is 9.47 Å². The summed E-state index contributed by atoms with van der Waals surface area (Å²) in [6.45, 7) is 5.66. The predicted octanol–water partition coefficient (Wildman–Crippen LogP) is 1.14. The summed E-state index contributed by atoms with van der Waals surface area (Å²) in [5, 5.41) is 0. The van der Waals surface area contributed by atoms with Gasteiger partial charge in [0.2, 0.25) is 0 Å². The van der Waals surface area contributed by atoms with Gasteiger partial charge >= 0.3 is 5.97 Å². The van der Waals surface area contributed by atoms with Crippen molar-refractivity contribution < 1.29 is 14.3 Å². The van der Waals surface area contributed by atoms with Crippen molar-refractivity contribution in [3.63, 3.8) is 0 Å². The van der Waals surface area contributed by atoms with Crippen molar-refractivity contribution in [1.82, 2.24) is 0 Å². The van der Waals surface area contributed by atoms with E-state index < -0.39 is 0 Å². The number of hydrogen-bond donors (Lipinski definition) is 0. The minimum absolute atomic E-state index is 0.0528. The topological polar surface area (TPSA) is 35.5 Å². The molecule has 1 saturated heterocycles. The SMILES string of the molecule is CC=CC(=O)OCC1(C)COC1. The predicted molar refractivity (Wildman–Crippen MR) is 44.7 cm³/mol. The van der Waals surface area contributed by atoms with Gasteiger partial charge in [0.15, 0.2) is 0 Å². The van der Waals surface area contributed by atoms with E-state index >= 15 is 0 Å². The summed E-state index contributed by atoms with van der Waals surface area (Å²) in [6, 6.07) is 0. The second kappa shape index (κ2) is 3.72. The van der Waals surface area contributed by atoms with Crippen molar-refractivity contribution in [3.05, 3.63) is 12.2 Å². The summed E-state index contributed by atoms with van der Waals surface area (Å²) in [5.74, 6) is -0.273. The van der Waals surface area contributed by atoms with Gasteiger partial charge < -0.3 is 9.47 Å². The molecule has 0 saturated carbocycles. The molecule has 1 heterocycles. The van der Waals surface area contributed by atoms with E-state index in [-0.39, 0.29) is 11.4 Å². The molecule has 1 aliphatic rings. The lowest BCUT2D eigenvalue weighted by Crippen LogP contribution is -2.43. The number of ether oxygens (including phenoxy) is 2. The molecule has 0 aromatic carbocycles. The highest BCUT2D eigenvalue weighted by Crippen LogP contribution is 2.26. The average molecular weight is 170 g/mol.